The lowest BCUT2D eigenvalue weighted by atomic mass is 9.93. The predicted octanol–water partition coefficient (Wildman–Crippen LogP) is 3.20. The molecule has 11 heteroatoms. The number of alkyl halides is 2. The van der Waals surface area contributed by atoms with Crippen molar-refractivity contribution < 1.29 is 22.7 Å². The number of benzene rings is 1. The van der Waals surface area contributed by atoms with Gasteiger partial charge in [0.25, 0.3) is 5.92 Å². The number of piperidine rings is 1. The second kappa shape index (κ2) is 8.17. The van der Waals surface area contributed by atoms with E-state index in [2.05, 4.69) is 25.5 Å². The van der Waals surface area contributed by atoms with E-state index in [1.165, 1.54) is 24.3 Å². The molecule has 158 valence electrons. The first kappa shape index (κ1) is 19.9. The molecule has 8 nitrogen and oxygen atoms in total. The van der Waals surface area contributed by atoms with Crippen LogP contribution in [0.1, 0.15) is 12.0 Å². The Bertz CT molecular complexity index is 1030. The molecule has 0 spiro atoms. The summed E-state index contributed by atoms with van der Waals surface area (Å²) in [4.78, 5) is 21.4. The fourth-order valence-corrected chi connectivity index (χ4v) is 3.25. The number of carbonyl (C=O) groups excluding carboxylic acids is 1. The van der Waals surface area contributed by atoms with Crippen LogP contribution in [0.25, 0.3) is 11.0 Å². The maximum atomic E-state index is 14.6. The first-order valence-electron chi connectivity index (χ1n) is 9.35. The number of fused-ring (bicyclic) bond motifs is 1. The van der Waals surface area contributed by atoms with E-state index < -0.39 is 30.3 Å². The molecule has 4 rings (SSSR count). The maximum Gasteiger partial charge on any atom is 0.410 e. The van der Waals surface area contributed by atoms with Gasteiger partial charge in [0.1, 0.15) is 12.4 Å². The van der Waals surface area contributed by atoms with Gasteiger partial charge in [0.2, 0.25) is 5.95 Å². The topological polar surface area (TPSA) is 96.0 Å². The van der Waals surface area contributed by atoms with Gasteiger partial charge < -0.3 is 15.0 Å². The molecule has 0 radical (unpaired) electrons. The van der Waals surface area contributed by atoms with Gasteiger partial charge in [0.05, 0.1) is 18.1 Å². The number of H-pyrrole nitrogens is 1. The van der Waals surface area contributed by atoms with Crippen LogP contribution < -0.4 is 5.32 Å². The molecule has 1 aliphatic heterocycles. The molecule has 3 heterocycles. The molecule has 1 fully saturated rings. The lowest BCUT2D eigenvalue weighted by Crippen LogP contribution is -2.52. The normalized spacial score (nSPS) is 18.4. The minimum atomic E-state index is -3.10. The van der Waals surface area contributed by atoms with Crippen molar-refractivity contribution in [2.24, 2.45) is 5.92 Å². The lowest BCUT2D eigenvalue weighted by Gasteiger charge is -2.37. The SMILES string of the molecule is O=C(OCc1ccc(F)cc1)N1CCC(CNc2ncc3cn[nH]c3n2)C(F)(F)C1. The molecule has 0 saturated carbocycles. The average Bonchev–Trinajstić information content (AvgIpc) is 3.19. The van der Waals surface area contributed by atoms with Crippen molar-refractivity contribution in [3.05, 3.63) is 48.0 Å². The third-order valence-corrected chi connectivity index (χ3v) is 4.98. The smallest absolute Gasteiger partial charge is 0.410 e. The Kier molecular flexibility index (Phi) is 5.42. The Morgan fingerprint density at radius 1 is 1.30 bits per heavy atom. The van der Waals surface area contributed by atoms with Gasteiger partial charge in [0.15, 0.2) is 5.65 Å². The molecule has 1 unspecified atom stereocenters. The number of nitrogens with one attached hydrogen (secondary N) is 2. The Morgan fingerprint density at radius 3 is 2.87 bits per heavy atom. The summed E-state index contributed by atoms with van der Waals surface area (Å²) in [6, 6.07) is 5.42. The van der Waals surface area contributed by atoms with E-state index in [1.807, 2.05) is 0 Å². The van der Waals surface area contributed by atoms with Crippen molar-refractivity contribution in [1.29, 1.82) is 0 Å². The van der Waals surface area contributed by atoms with Crippen LogP contribution in [0, 0.1) is 11.7 Å². The molecular formula is C19H19F3N6O2. The minimum Gasteiger partial charge on any atom is -0.445 e. The van der Waals surface area contributed by atoms with Gasteiger partial charge in [-0.2, -0.15) is 10.1 Å². The van der Waals surface area contributed by atoms with Gasteiger partial charge in [0, 0.05) is 25.2 Å². The lowest BCUT2D eigenvalue weighted by molar-refractivity contribution is -0.102. The average molecular weight is 420 g/mol. The van der Waals surface area contributed by atoms with E-state index in [9.17, 15) is 18.0 Å². The number of aromatic amines is 1. The number of anilines is 1. The molecular weight excluding hydrogens is 401 g/mol. The zero-order valence-corrected chi connectivity index (χ0v) is 15.8. The summed E-state index contributed by atoms with van der Waals surface area (Å²) >= 11 is 0. The first-order chi connectivity index (χ1) is 14.4. The summed E-state index contributed by atoms with van der Waals surface area (Å²) < 4.78 is 47.2. The van der Waals surface area contributed by atoms with E-state index in [0.29, 0.717) is 11.2 Å². The molecule has 1 amide bonds. The highest BCUT2D eigenvalue weighted by Gasteiger charge is 2.46. The van der Waals surface area contributed by atoms with E-state index in [0.717, 1.165) is 10.3 Å². The van der Waals surface area contributed by atoms with Crippen LogP contribution in [-0.4, -0.2) is 56.7 Å². The number of ether oxygens (including phenoxy) is 1. The molecule has 1 aliphatic rings. The van der Waals surface area contributed by atoms with Gasteiger partial charge in [-0.05, 0) is 24.1 Å². The van der Waals surface area contributed by atoms with E-state index in [4.69, 9.17) is 4.74 Å². The second-order valence-electron chi connectivity index (χ2n) is 7.10. The molecule has 0 aliphatic carbocycles. The fraction of sp³-hybridized carbons (Fsp3) is 0.368. The first-order valence-corrected chi connectivity index (χ1v) is 9.35. The Balaban J connectivity index is 1.29. The zero-order valence-electron chi connectivity index (χ0n) is 15.8. The summed E-state index contributed by atoms with van der Waals surface area (Å²) in [5.74, 6) is -4.27. The number of hydrogen-bond acceptors (Lipinski definition) is 6. The van der Waals surface area contributed by atoms with Gasteiger partial charge in [-0.15, -0.1) is 0 Å². The minimum absolute atomic E-state index is 0.0366. The third-order valence-electron chi connectivity index (χ3n) is 4.98. The Hall–Kier alpha value is -3.37. The second-order valence-corrected chi connectivity index (χ2v) is 7.10. The predicted molar refractivity (Wildman–Crippen MR) is 101 cm³/mol. The molecule has 1 saturated heterocycles. The van der Waals surface area contributed by atoms with Crippen LogP contribution in [0.5, 0.6) is 0 Å². The highest BCUT2D eigenvalue weighted by atomic mass is 19.3. The monoisotopic (exact) mass is 420 g/mol. The van der Waals surface area contributed by atoms with Crippen LogP contribution in [0.15, 0.2) is 36.7 Å². The van der Waals surface area contributed by atoms with E-state index in [1.54, 1.807) is 12.4 Å². The number of nitrogens with zero attached hydrogens (tertiary/aromatic N) is 4. The number of amides is 1. The number of likely N-dealkylation sites (tertiary alicyclic amines) is 1. The van der Waals surface area contributed by atoms with Crippen molar-refractivity contribution in [1.82, 2.24) is 25.1 Å². The Labute approximate surface area is 169 Å². The summed E-state index contributed by atoms with van der Waals surface area (Å²) in [5, 5.41) is 10.1. The number of carbonyl (C=O) groups is 1. The van der Waals surface area contributed by atoms with Gasteiger partial charge in [-0.1, -0.05) is 12.1 Å². The van der Waals surface area contributed by atoms with Crippen molar-refractivity contribution >= 4 is 23.1 Å². The number of hydrogen-bond donors (Lipinski definition) is 2. The van der Waals surface area contributed by atoms with Crippen LogP contribution in [0.4, 0.5) is 23.9 Å². The molecule has 1 atom stereocenters. The standard InChI is InChI=1S/C19H19F3N6O2/c20-15-3-1-12(2-4-15)10-30-18(29)28-6-5-14(19(21,22)11-28)9-24-17-23-7-13-8-25-27-16(13)26-17/h1-4,7-8,14H,5-6,9-11H2,(H2,23,24,25,26,27). The maximum absolute atomic E-state index is 14.6. The van der Waals surface area contributed by atoms with Gasteiger partial charge in [-0.3, -0.25) is 5.10 Å². The van der Waals surface area contributed by atoms with Crippen LogP contribution in [0.3, 0.4) is 0 Å². The van der Waals surface area contributed by atoms with Crippen molar-refractivity contribution in [2.45, 2.75) is 19.0 Å². The molecule has 2 aromatic heterocycles. The van der Waals surface area contributed by atoms with Crippen LogP contribution in [-0.2, 0) is 11.3 Å². The largest absolute Gasteiger partial charge is 0.445 e. The number of rotatable bonds is 5. The summed E-state index contributed by atoms with van der Waals surface area (Å²) in [5.41, 5.74) is 1.09. The van der Waals surface area contributed by atoms with Crippen molar-refractivity contribution in [2.75, 3.05) is 25.0 Å². The summed E-state index contributed by atoms with van der Waals surface area (Å²) in [6.07, 6.45) is 2.39. The quantitative estimate of drug-likeness (QED) is 0.658. The molecule has 2 N–H and O–H groups in total. The van der Waals surface area contributed by atoms with Gasteiger partial charge in [-0.25, -0.2) is 22.9 Å². The molecule has 0 bridgehead atoms. The highest BCUT2D eigenvalue weighted by molar-refractivity contribution is 5.73. The molecule has 3 aromatic rings. The molecule has 1 aromatic carbocycles. The van der Waals surface area contributed by atoms with Crippen LogP contribution in [0.2, 0.25) is 0 Å². The summed E-state index contributed by atoms with van der Waals surface area (Å²) in [7, 11) is 0. The third kappa shape index (κ3) is 4.44. The van der Waals surface area contributed by atoms with E-state index in [-0.39, 0.29) is 32.1 Å². The summed E-state index contributed by atoms with van der Waals surface area (Å²) in [6.45, 7) is -0.739. The zero-order chi connectivity index (χ0) is 21.1. The van der Waals surface area contributed by atoms with Crippen molar-refractivity contribution in [3.8, 4) is 0 Å². The van der Waals surface area contributed by atoms with Crippen LogP contribution >= 0.6 is 0 Å². The molecule has 30 heavy (non-hydrogen) atoms. The fourth-order valence-electron chi connectivity index (χ4n) is 3.25. The number of aromatic nitrogens is 4. The number of halogens is 3. The van der Waals surface area contributed by atoms with Crippen molar-refractivity contribution in [3.63, 3.8) is 0 Å². The highest BCUT2D eigenvalue weighted by Crippen LogP contribution is 2.33. The van der Waals surface area contributed by atoms with E-state index >= 15 is 0 Å². The Morgan fingerprint density at radius 2 is 2.10 bits per heavy atom. The van der Waals surface area contributed by atoms with Gasteiger partial charge >= 0.3 is 6.09 Å².